The summed E-state index contributed by atoms with van der Waals surface area (Å²) in [5.41, 5.74) is -0.0621. The van der Waals surface area contributed by atoms with E-state index in [9.17, 15) is 13.2 Å². The summed E-state index contributed by atoms with van der Waals surface area (Å²) in [5.74, 6) is 0. The van der Waals surface area contributed by atoms with Crippen LogP contribution < -0.4 is 5.32 Å². The van der Waals surface area contributed by atoms with E-state index in [0.29, 0.717) is 12.1 Å². The Morgan fingerprint density at radius 1 is 1.21 bits per heavy atom. The number of fused-ring (bicyclic) bond motifs is 1. The minimum atomic E-state index is -4.32. The molecule has 1 aliphatic rings. The van der Waals surface area contributed by atoms with Gasteiger partial charge in [-0.3, -0.25) is 5.32 Å². The summed E-state index contributed by atoms with van der Waals surface area (Å²) < 4.78 is 37.5. The van der Waals surface area contributed by atoms with Gasteiger partial charge >= 0.3 is 6.18 Å². The zero-order chi connectivity index (χ0) is 10.2. The molecule has 0 fully saturated rings. The molecule has 14 heavy (non-hydrogen) atoms. The van der Waals surface area contributed by atoms with E-state index < -0.39 is 11.7 Å². The number of hydrogen-bond donors (Lipinski definition) is 0. The minimum absolute atomic E-state index is 0.0579. The SMILES string of the molecule is FC(F)(F)c1cccc2c1[N]CC=C2. The summed E-state index contributed by atoms with van der Waals surface area (Å²) >= 11 is 0. The zero-order valence-electron chi connectivity index (χ0n) is 7.17. The van der Waals surface area contributed by atoms with E-state index in [2.05, 4.69) is 5.32 Å². The molecule has 0 N–H and O–H groups in total. The molecule has 1 radical (unpaired) electrons. The third kappa shape index (κ3) is 1.47. The second-order valence-electron chi connectivity index (χ2n) is 2.98. The Balaban J connectivity index is 2.57. The van der Waals surface area contributed by atoms with Gasteiger partial charge in [-0.25, -0.2) is 0 Å². The maximum Gasteiger partial charge on any atom is 0.418 e. The highest BCUT2D eigenvalue weighted by atomic mass is 19.4. The Hall–Kier alpha value is -1.45. The predicted molar refractivity (Wildman–Crippen MR) is 47.1 cm³/mol. The highest BCUT2D eigenvalue weighted by Crippen LogP contribution is 2.37. The van der Waals surface area contributed by atoms with Crippen molar-refractivity contribution in [3.8, 4) is 0 Å². The molecule has 0 unspecified atom stereocenters. The van der Waals surface area contributed by atoms with E-state index in [-0.39, 0.29) is 5.69 Å². The van der Waals surface area contributed by atoms with Crippen molar-refractivity contribution in [1.29, 1.82) is 0 Å². The lowest BCUT2D eigenvalue weighted by Gasteiger charge is -2.16. The first kappa shape index (κ1) is 9.12. The van der Waals surface area contributed by atoms with Gasteiger partial charge in [-0.1, -0.05) is 24.3 Å². The summed E-state index contributed by atoms with van der Waals surface area (Å²) in [6, 6.07) is 4.08. The number of hydrogen-bond acceptors (Lipinski definition) is 0. The molecular weight excluding hydrogens is 191 g/mol. The molecule has 0 saturated carbocycles. The third-order valence-corrected chi connectivity index (χ3v) is 2.02. The molecule has 0 saturated heterocycles. The van der Waals surface area contributed by atoms with Crippen molar-refractivity contribution in [3.63, 3.8) is 0 Å². The normalized spacial score (nSPS) is 14.8. The maximum atomic E-state index is 12.5. The van der Waals surface area contributed by atoms with Gasteiger partial charge in [0.15, 0.2) is 0 Å². The lowest BCUT2D eigenvalue weighted by molar-refractivity contribution is -0.137. The van der Waals surface area contributed by atoms with Crippen LogP contribution in [0.25, 0.3) is 6.08 Å². The van der Waals surface area contributed by atoms with Crippen molar-refractivity contribution >= 4 is 11.8 Å². The van der Waals surface area contributed by atoms with Crippen molar-refractivity contribution < 1.29 is 13.2 Å². The average molecular weight is 198 g/mol. The number of rotatable bonds is 0. The molecule has 1 nitrogen and oxygen atoms in total. The van der Waals surface area contributed by atoms with Gasteiger partial charge in [0.2, 0.25) is 0 Å². The predicted octanol–water partition coefficient (Wildman–Crippen LogP) is 2.97. The molecule has 0 spiro atoms. The van der Waals surface area contributed by atoms with Crippen molar-refractivity contribution in [2.75, 3.05) is 6.54 Å². The van der Waals surface area contributed by atoms with Crippen LogP contribution in [0.3, 0.4) is 0 Å². The Morgan fingerprint density at radius 3 is 2.71 bits per heavy atom. The molecule has 0 atom stereocenters. The highest BCUT2D eigenvalue weighted by molar-refractivity contribution is 5.69. The standard InChI is InChI=1S/C10H7F3N/c11-10(12,13)8-5-1-3-7-4-2-6-14-9(7)8/h1-5H,6H2. The van der Waals surface area contributed by atoms with Crippen LogP contribution in [0.1, 0.15) is 11.1 Å². The first-order valence-corrected chi connectivity index (χ1v) is 4.13. The molecule has 0 amide bonds. The maximum absolute atomic E-state index is 12.5. The second kappa shape index (κ2) is 3.04. The van der Waals surface area contributed by atoms with Crippen molar-refractivity contribution in [1.82, 2.24) is 5.32 Å². The van der Waals surface area contributed by atoms with Gasteiger partial charge in [0, 0.05) is 5.56 Å². The molecule has 0 bridgehead atoms. The van der Waals surface area contributed by atoms with Crippen LogP contribution in [0, 0.1) is 0 Å². The van der Waals surface area contributed by atoms with Gasteiger partial charge < -0.3 is 0 Å². The van der Waals surface area contributed by atoms with E-state index in [1.807, 2.05) is 0 Å². The monoisotopic (exact) mass is 198 g/mol. The van der Waals surface area contributed by atoms with Crippen LogP contribution in [0.5, 0.6) is 0 Å². The van der Waals surface area contributed by atoms with E-state index in [1.54, 1.807) is 18.2 Å². The van der Waals surface area contributed by atoms with E-state index in [1.165, 1.54) is 6.07 Å². The molecular formula is C10H7F3N. The summed E-state index contributed by atoms with van der Waals surface area (Å²) in [6.45, 7) is 0.320. The molecule has 1 aliphatic heterocycles. The summed E-state index contributed by atoms with van der Waals surface area (Å²) in [6.07, 6.45) is -0.917. The van der Waals surface area contributed by atoms with Crippen LogP contribution in [0.2, 0.25) is 0 Å². The Kier molecular flexibility index (Phi) is 1.98. The molecule has 4 heteroatoms. The van der Waals surface area contributed by atoms with Crippen LogP contribution in [-0.4, -0.2) is 6.54 Å². The fraction of sp³-hybridized carbons (Fsp3) is 0.200. The van der Waals surface area contributed by atoms with Crippen molar-refractivity contribution in [2.45, 2.75) is 6.18 Å². The molecule has 1 heterocycles. The number of para-hydroxylation sites is 1. The molecule has 2 rings (SSSR count). The minimum Gasteiger partial charge on any atom is -0.280 e. The van der Waals surface area contributed by atoms with Gasteiger partial charge in [-0.2, -0.15) is 13.2 Å². The third-order valence-electron chi connectivity index (χ3n) is 2.02. The lowest BCUT2D eigenvalue weighted by Crippen LogP contribution is -2.13. The Labute approximate surface area is 79.2 Å². The highest BCUT2D eigenvalue weighted by Gasteiger charge is 2.34. The number of alkyl halides is 3. The van der Waals surface area contributed by atoms with Crippen molar-refractivity contribution in [2.24, 2.45) is 0 Å². The second-order valence-corrected chi connectivity index (χ2v) is 2.98. The van der Waals surface area contributed by atoms with E-state index >= 15 is 0 Å². The van der Waals surface area contributed by atoms with Crippen LogP contribution in [-0.2, 0) is 6.18 Å². The lowest BCUT2D eigenvalue weighted by atomic mass is 10.0. The first-order valence-electron chi connectivity index (χ1n) is 4.13. The van der Waals surface area contributed by atoms with Gasteiger partial charge in [-0.15, -0.1) is 0 Å². The molecule has 1 aromatic rings. The summed E-state index contributed by atoms with van der Waals surface area (Å²) in [7, 11) is 0. The largest absolute Gasteiger partial charge is 0.418 e. The quantitative estimate of drug-likeness (QED) is 0.608. The van der Waals surface area contributed by atoms with Crippen LogP contribution in [0.15, 0.2) is 24.3 Å². The van der Waals surface area contributed by atoms with Gasteiger partial charge in [0.1, 0.15) is 0 Å². The molecule has 0 aliphatic carbocycles. The summed E-state index contributed by atoms with van der Waals surface area (Å²) in [4.78, 5) is 0. The fourth-order valence-corrected chi connectivity index (χ4v) is 1.42. The molecule has 1 aromatic carbocycles. The number of halogens is 3. The Bertz CT molecular complexity index is 379. The van der Waals surface area contributed by atoms with Gasteiger partial charge in [0.05, 0.1) is 17.8 Å². The van der Waals surface area contributed by atoms with E-state index in [0.717, 1.165) is 6.07 Å². The summed E-state index contributed by atoms with van der Waals surface area (Å²) in [5, 5.41) is 3.85. The van der Waals surface area contributed by atoms with Gasteiger partial charge in [0.25, 0.3) is 0 Å². The topological polar surface area (TPSA) is 14.1 Å². The first-order chi connectivity index (χ1) is 6.59. The molecule has 73 valence electrons. The van der Waals surface area contributed by atoms with E-state index in [4.69, 9.17) is 0 Å². The fourth-order valence-electron chi connectivity index (χ4n) is 1.42. The van der Waals surface area contributed by atoms with Crippen LogP contribution >= 0.6 is 0 Å². The number of benzene rings is 1. The van der Waals surface area contributed by atoms with Crippen LogP contribution in [0.4, 0.5) is 18.9 Å². The van der Waals surface area contributed by atoms with Gasteiger partial charge in [-0.05, 0) is 6.07 Å². The Morgan fingerprint density at radius 2 is 2.00 bits per heavy atom. The van der Waals surface area contributed by atoms with Crippen molar-refractivity contribution in [3.05, 3.63) is 35.4 Å². The smallest absolute Gasteiger partial charge is 0.280 e. The zero-order valence-corrected chi connectivity index (χ0v) is 7.17. The average Bonchev–Trinajstić information content (AvgIpc) is 2.15. The number of nitrogens with zero attached hydrogens (tertiary/aromatic N) is 1. The molecule has 0 aromatic heterocycles.